The largest absolute Gasteiger partial charge is 0.340 e. The molecule has 4 nitrogen and oxygen atoms in total. The molecule has 2 saturated carbocycles. The minimum atomic E-state index is 0.167. The smallest absolute Gasteiger partial charge is 0.225 e. The fourth-order valence-corrected chi connectivity index (χ4v) is 3.81. The number of carbonyl (C=O) groups is 2. The zero-order valence-electron chi connectivity index (χ0n) is 14.3. The Balaban J connectivity index is 1.59. The summed E-state index contributed by atoms with van der Waals surface area (Å²) in [5.41, 5.74) is 0. The fraction of sp³-hybridized carbons (Fsp3) is 0.889. The highest BCUT2D eigenvalue weighted by Crippen LogP contribution is 2.38. The Bertz CT molecular complexity index is 402. The number of hydrogen-bond donors (Lipinski definition) is 0. The highest BCUT2D eigenvalue weighted by atomic mass is 16.2. The van der Waals surface area contributed by atoms with Crippen molar-refractivity contribution in [2.75, 3.05) is 26.2 Å². The van der Waals surface area contributed by atoms with Crippen LogP contribution in [0.3, 0.4) is 0 Å². The molecule has 124 valence electrons. The molecule has 2 aliphatic carbocycles. The van der Waals surface area contributed by atoms with E-state index in [2.05, 4.69) is 20.8 Å². The van der Waals surface area contributed by atoms with E-state index < -0.39 is 0 Å². The second-order valence-electron chi connectivity index (χ2n) is 7.93. The Morgan fingerprint density at radius 1 is 0.818 bits per heavy atom. The Kier molecular flexibility index (Phi) is 4.47. The van der Waals surface area contributed by atoms with Gasteiger partial charge in [-0.25, -0.2) is 0 Å². The lowest BCUT2D eigenvalue weighted by Crippen LogP contribution is -2.41. The van der Waals surface area contributed by atoms with Crippen LogP contribution in [0, 0.1) is 29.6 Å². The molecular weight excluding hydrogens is 276 g/mol. The average molecular weight is 306 g/mol. The van der Waals surface area contributed by atoms with E-state index in [0.29, 0.717) is 42.7 Å². The van der Waals surface area contributed by atoms with Crippen molar-refractivity contribution in [1.29, 1.82) is 0 Å². The predicted octanol–water partition coefficient (Wildman–Crippen LogP) is 2.39. The standard InChI is InChI=1S/C18H30N2O2/c1-12-10-19(17(21)13(2)15-4-5-15)8-9-20(11-12)18(22)14(3)16-6-7-16/h12-16H,4-11H2,1-3H3. The molecule has 4 heteroatoms. The second-order valence-corrected chi connectivity index (χ2v) is 7.93. The summed E-state index contributed by atoms with van der Waals surface area (Å²) in [6, 6.07) is 0. The molecule has 3 fully saturated rings. The van der Waals surface area contributed by atoms with Crippen LogP contribution in [0.5, 0.6) is 0 Å². The third-order valence-corrected chi connectivity index (χ3v) is 5.76. The molecule has 22 heavy (non-hydrogen) atoms. The van der Waals surface area contributed by atoms with Crippen molar-refractivity contribution in [1.82, 2.24) is 9.80 Å². The third-order valence-electron chi connectivity index (χ3n) is 5.76. The maximum Gasteiger partial charge on any atom is 0.225 e. The topological polar surface area (TPSA) is 40.6 Å². The molecule has 2 atom stereocenters. The van der Waals surface area contributed by atoms with Crippen molar-refractivity contribution in [3.63, 3.8) is 0 Å². The highest BCUT2D eigenvalue weighted by molar-refractivity contribution is 5.80. The predicted molar refractivity (Wildman–Crippen MR) is 86.1 cm³/mol. The summed E-state index contributed by atoms with van der Waals surface area (Å²) in [5.74, 6) is 2.53. The van der Waals surface area contributed by atoms with Gasteiger partial charge in [0.2, 0.25) is 11.8 Å². The Hall–Kier alpha value is -1.06. The maximum absolute atomic E-state index is 12.6. The fourth-order valence-electron chi connectivity index (χ4n) is 3.81. The molecule has 3 aliphatic rings. The Labute approximate surface area is 134 Å². The van der Waals surface area contributed by atoms with Crippen molar-refractivity contribution in [3.05, 3.63) is 0 Å². The van der Waals surface area contributed by atoms with Crippen LogP contribution in [-0.4, -0.2) is 47.8 Å². The van der Waals surface area contributed by atoms with Crippen molar-refractivity contribution in [2.45, 2.75) is 46.5 Å². The van der Waals surface area contributed by atoms with E-state index >= 15 is 0 Å². The molecule has 3 rings (SSSR count). The van der Waals surface area contributed by atoms with Crippen molar-refractivity contribution >= 4 is 11.8 Å². The Morgan fingerprint density at radius 3 is 1.50 bits per heavy atom. The molecule has 2 amide bonds. The van der Waals surface area contributed by atoms with Gasteiger partial charge in [0, 0.05) is 38.0 Å². The van der Waals surface area contributed by atoms with E-state index in [4.69, 9.17) is 0 Å². The molecule has 0 bridgehead atoms. The maximum atomic E-state index is 12.6. The summed E-state index contributed by atoms with van der Waals surface area (Å²) in [4.78, 5) is 29.3. The van der Waals surface area contributed by atoms with E-state index in [9.17, 15) is 9.59 Å². The van der Waals surface area contributed by atoms with Crippen LogP contribution < -0.4 is 0 Å². The van der Waals surface area contributed by atoms with Crippen molar-refractivity contribution < 1.29 is 9.59 Å². The van der Waals surface area contributed by atoms with Crippen LogP contribution in [0.15, 0.2) is 0 Å². The lowest BCUT2D eigenvalue weighted by molar-refractivity contribution is -0.138. The SMILES string of the molecule is CC1CN(C(=O)C(C)C2CC2)CCN(C(=O)C(C)C2CC2)C1. The molecule has 0 aromatic rings. The van der Waals surface area contributed by atoms with Gasteiger partial charge in [0.25, 0.3) is 0 Å². The number of hydrogen-bond acceptors (Lipinski definition) is 2. The minimum absolute atomic E-state index is 0.167. The van der Waals surface area contributed by atoms with E-state index in [1.165, 1.54) is 25.7 Å². The van der Waals surface area contributed by atoms with Crippen LogP contribution in [0.4, 0.5) is 0 Å². The molecule has 0 radical (unpaired) electrons. The van der Waals surface area contributed by atoms with E-state index in [1.807, 2.05) is 9.80 Å². The highest BCUT2D eigenvalue weighted by Gasteiger charge is 2.38. The van der Waals surface area contributed by atoms with Crippen LogP contribution in [-0.2, 0) is 9.59 Å². The van der Waals surface area contributed by atoms with Crippen LogP contribution >= 0.6 is 0 Å². The summed E-state index contributed by atoms with van der Waals surface area (Å²) in [5, 5.41) is 0. The normalized spacial score (nSPS) is 29.0. The lowest BCUT2D eigenvalue weighted by atomic mass is 10.0. The van der Waals surface area contributed by atoms with Crippen LogP contribution in [0.25, 0.3) is 0 Å². The monoisotopic (exact) mass is 306 g/mol. The Morgan fingerprint density at radius 2 is 1.18 bits per heavy atom. The van der Waals surface area contributed by atoms with Crippen molar-refractivity contribution in [3.8, 4) is 0 Å². The zero-order valence-corrected chi connectivity index (χ0v) is 14.3. The molecule has 0 N–H and O–H groups in total. The first kappa shape index (κ1) is 15.8. The van der Waals surface area contributed by atoms with Gasteiger partial charge in [-0.1, -0.05) is 20.8 Å². The molecule has 0 aromatic heterocycles. The van der Waals surface area contributed by atoms with Gasteiger partial charge in [-0.3, -0.25) is 9.59 Å². The van der Waals surface area contributed by atoms with E-state index in [-0.39, 0.29) is 11.8 Å². The number of rotatable bonds is 4. The molecule has 1 saturated heterocycles. The first-order valence-corrected chi connectivity index (χ1v) is 9.05. The lowest BCUT2D eigenvalue weighted by Gasteiger charge is -2.26. The molecule has 0 spiro atoms. The van der Waals surface area contributed by atoms with E-state index in [0.717, 1.165) is 13.1 Å². The first-order chi connectivity index (χ1) is 10.5. The zero-order chi connectivity index (χ0) is 15.9. The molecule has 2 unspecified atom stereocenters. The van der Waals surface area contributed by atoms with E-state index in [1.54, 1.807) is 0 Å². The molecule has 1 aliphatic heterocycles. The number of nitrogens with zero attached hydrogens (tertiary/aromatic N) is 2. The summed E-state index contributed by atoms with van der Waals surface area (Å²) in [6.45, 7) is 9.35. The number of amides is 2. The van der Waals surface area contributed by atoms with Gasteiger partial charge in [0.1, 0.15) is 0 Å². The molecule has 0 aromatic carbocycles. The second kappa shape index (κ2) is 6.21. The van der Waals surface area contributed by atoms with Crippen LogP contribution in [0.1, 0.15) is 46.5 Å². The van der Waals surface area contributed by atoms with Gasteiger partial charge >= 0.3 is 0 Å². The summed E-state index contributed by atoms with van der Waals surface area (Å²) < 4.78 is 0. The quantitative estimate of drug-likeness (QED) is 0.800. The van der Waals surface area contributed by atoms with Gasteiger partial charge in [-0.05, 0) is 43.4 Å². The van der Waals surface area contributed by atoms with Gasteiger partial charge in [-0.2, -0.15) is 0 Å². The van der Waals surface area contributed by atoms with Gasteiger partial charge in [0.05, 0.1) is 0 Å². The summed E-state index contributed by atoms with van der Waals surface area (Å²) in [7, 11) is 0. The average Bonchev–Trinajstić information content (AvgIpc) is 3.37. The van der Waals surface area contributed by atoms with Crippen LogP contribution in [0.2, 0.25) is 0 Å². The van der Waals surface area contributed by atoms with Crippen molar-refractivity contribution in [2.24, 2.45) is 29.6 Å². The third kappa shape index (κ3) is 3.47. The van der Waals surface area contributed by atoms with Gasteiger partial charge in [0.15, 0.2) is 0 Å². The summed E-state index contributed by atoms with van der Waals surface area (Å²) in [6.07, 6.45) is 4.83. The number of carbonyl (C=O) groups excluding carboxylic acids is 2. The minimum Gasteiger partial charge on any atom is -0.340 e. The van der Waals surface area contributed by atoms with Gasteiger partial charge < -0.3 is 9.80 Å². The molecule has 1 heterocycles. The summed E-state index contributed by atoms with van der Waals surface area (Å²) >= 11 is 0. The first-order valence-electron chi connectivity index (χ1n) is 9.05. The van der Waals surface area contributed by atoms with Gasteiger partial charge in [-0.15, -0.1) is 0 Å². The molecular formula is C18H30N2O2.